The second-order valence-corrected chi connectivity index (χ2v) is 9.88. The van der Waals surface area contributed by atoms with Gasteiger partial charge in [-0.25, -0.2) is 4.90 Å². The van der Waals surface area contributed by atoms with Gasteiger partial charge >= 0.3 is 5.97 Å². The van der Waals surface area contributed by atoms with Gasteiger partial charge in [-0.3, -0.25) is 19.2 Å². The molecule has 3 atom stereocenters. The monoisotopic (exact) mass is 492 g/mol. The predicted molar refractivity (Wildman–Crippen MR) is 131 cm³/mol. The van der Waals surface area contributed by atoms with Gasteiger partial charge < -0.3 is 9.64 Å². The summed E-state index contributed by atoms with van der Waals surface area (Å²) in [5, 5.41) is 0.551. The molecule has 5 rings (SSSR count). The number of amides is 3. The number of fused-ring (bicyclic) bond motifs is 1. The Balaban J connectivity index is 1.29. The molecule has 2 heterocycles. The first kappa shape index (κ1) is 23.3. The van der Waals surface area contributed by atoms with Crippen LogP contribution in [0.15, 0.2) is 54.1 Å². The zero-order valence-corrected chi connectivity index (χ0v) is 20.2. The number of benzene rings is 2. The van der Waals surface area contributed by atoms with Gasteiger partial charge in [0.15, 0.2) is 0 Å². The molecule has 0 radical (unpaired) electrons. The third-order valence-electron chi connectivity index (χ3n) is 7.04. The predicted octanol–water partition coefficient (Wildman–Crippen LogP) is 4.45. The van der Waals surface area contributed by atoms with E-state index in [9.17, 15) is 19.2 Å². The van der Waals surface area contributed by atoms with Crippen LogP contribution in [0, 0.1) is 24.7 Å². The number of hydrogen-bond acceptors (Lipinski definition) is 5. The fourth-order valence-corrected chi connectivity index (χ4v) is 5.22. The van der Waals surface area contributed by atoms with E-state index in [0.717, 1.165) is 11.1 Å². The topological polar surface area (TPSA) is 84.0 Å². The lowest BCUT2D eigenvalue weighted by atomic mass is 9.82. The van der Waals surface area contributed by atoms with Crippen LogP contribution in [-0.2, 0) is 19.2 Å². The summed E-state index contributed by atoms with van der Waals surface area (Å²) in [5.41, 5.74) is 3.04. The minimum absolute atomic E-state index is 0.0306. The summed E-state index contributed by atoms with van der Waals surface area (Å²) in [4.78, 5) is 54.2. The van der Waals surface area contributed by atoms with Gasteiger partial charge in [0.2, 0.25) is 17.7 Å². The van der Waals surface area contributed by atoms with Gasteiger partial charge in [0.05, 0.1) is 23.4 Å². The summed E-state index contributed by atoms with van der Waals surface area (Å²) in [5.74, 6) is -2.26. The molecule has 35 heavy (non-hydrogen) atoms. The lowest BCUT2D eigenvalue weighted by Crippen LogP contribution is -2.31. The van der Waals surface area contributed by atoms with Crippen LogP contribution in [0.4, 0.5) is 11.4 Å². The molecule has 0 aromatic heterocycles. The van der Waals surface area contributed by atoms with E-state index in [1.54, 1.807) is 30.3 Å². The maximum absolute atomic E-state index is 13.0. The molecule has 3 aliphatic rings. The molecule has 2 fully saturated rings. The first-order valence-corrected chi connectivity index (χ1v) is 12.0. The van der Waals surface area contributed by atoms with E-state index in [1.807, 2.05) is 26.0 Å². The van der Waals surface area contributed by atoms with Gasteiger partial charge in [0.1, 0.15) is 5.75 Å². The molecule has 180 valence electrons. The van der Waals surface area contributed by atoms with Gasteiger partial charge in [-0.05, 0) is 56.5 Å². The normalized spacial score (nSPS) is 24.0. The van der Waals surface area contributed by atoms with Crippen molar-refractivity contribution in [3.63, 3.8) is 0 Å². The molecule has 2 aliphatic heterocycles. The Morgan fingerprint density at radius 2 is 1.74 bits per heavy atom. The zero-order chi connectivity index (χ0) is 24.9. The minimum atomic E-state index is -0.641. The number of carbonyl (C=O) groups is 4. The number of esters is 1. The van der Waals surface area contributed by atoms with Crippen molar-refractivity contribution in [3.05, 3.63) is 64.7 Å². The van der Waals surface area contributed by atoms with E-state index in [1.165, 1.54) is 15.9 Å². The molecular formula is C27H25ClN2O5. The maximum Gasteiger partial charge on any atom is 0.316 e. The third kappa shape index (κ3) is 4.25. The summed E-state index contributed by atoms with van der Waals surface area (Å²) >= 11 is 6.20. The Kier molecular flexibility index (Phi) is 5.97. The van der Waals surface area contributed by atoms with Crippen molar-refractivity contribution in [1.82, 2.24) is 0 Å². The third-order valence-corrected chi connectivity index (χ3v) is 7.45. The summed E-state index contributed by atoms with van der Waals surface area (Å²) < 4.78 is 5.58. The molecule has 8 heteroatoms. The first-order chi connectivity index (χ1) is 16.7. The standard InChI is InChI=1S/C27H25ClN2O5/c1-15-6-9-21-22(10-15)26(33)30(25(21)32)19-4-3-5-20(12-19)35-27(34)17-11-24(31)29(14-17)18-8-7-16(2)23(28)13-18/h3-8,12-13,17,21-22H,9-11,14H2,1-2H3/t17-,21-,22+/m0/s1. The molecule has 0 bridgehead atoms. The van der Waals surface area contributed by atoms with Crippen LogP contribution < -0.4 is 14.5 Å². The average Bonchev–Trinajstić information content (AvgIpc) is 3.33. The highest BCUT2D eigenvalue weighted by Gasteiger charge is 2.48. The van der Waals surface area contributed by atoms with E-state index in [4.69, 9.17) is 16.3 Å². The SMILES string of the molecule is CC1=CC[C@@H]2C(=O)N(c3cccc(OC(=O)[C@H]4CC(=O)N(c5ccc(C)c(Cl)c5)C4)c3)C(=O)[C@@H]2C1. The van der Waals surface area contributed by atoms with Crippen molar-refractivity contribution in [2.24, 2.45) is 17.8 Å². The smallest absolute Gasteiger partial charge is 0.316 e. The van der Waals surface area contributed by atoms with Crippen molar-refractivity contribution < 1.29 is 23.9 Å². The number of anilines is 2. The highest BCUT2D eigenvalue weighted by Crippen LogP contribution is 2.40. The van der Waals surface area contributed by atoms with Crippen LogP contribution in [-0.4, -0.2) is 30.2 Å². The Bertz CT molecular complexity index is 1290. The number of nitrogens with zero attached hydrogens (tertiary/aromatic N) is 2. The minimum Gasteiger partial charge on any atom is -0.426 e. The number of hydrogen-bond donors (Lipinski definition) is 0. The highest BCUT2D eigenvalue weighted by molar-refractivity contribution is 6.31. The molecule has 0 spiro atoms. The largest absolute Gasteiger partial charge is 0.426 e. The number of rotatable bonds is 4. The van der Waals surface area contributed by atoms with Crippen LogP contribution in [0.2, 0.25) is 5.02 Å². The van der Waals surface area contributed by atoms with Gasteiger partial charge in [-0.1, -0.05) is 35.4 Å². The van der Waals surface area contributed by atoms with E-state index < -0.39 is 11.9 Å². The fraction of sp³-hybridized carbons (Fsp3) is 0.333. The van der Waals surface area contributed by atoms with Crippen LogP contribution in [0.1, 0.15) is 31.7 Å². The van der Waals surface area contributed by atoms with E-state index in [2.05, 4.69) is 0 Å². The van der Waals surface area contributed by atoms with Crippen molar-refractivity contribution in [3.8, 4) is 5.75 Å². The Morgan fingerprint density at radius 3 is 2.51 bits per heavy atom. The number of halogens is 1. The zero-order valence-electron chi connectivity index (χ0n) is 19.5. The second kappa shape index (κ2) is 8.96. The number of allylic oxidation sites excluding steroid dienone is 2. The molecule has 2 saturated heterocycles. The number of carbonyl (C=O) groups excluding carboxylic acids is 4. The number of ether oxygens (including phenoxy) is 1. The molecular weight excluding hydrogens is 468 g/mol. The molecule has 0 unspecified atom stereocenters. The van der Waals surface area contributed by atoms with E-state index in [-0.39, 0.29) is 48.3 Å². The molecule has 2 aromatic carbocycles. The molecule has 2 aromatic rings. The van der Waals surface area contributed by atoms with E-state index in [0.29, 0.717) is 29.2 Å². The average molecular weight is 493 g/mol. The van der Waals surface area contributed by atoms with Crippen LogP contribution in [0.3, 0.4) is 0 Å². The van der Waals surface area contributed by atoms with Gasteiger partial charge in [-0.2, -0.15) is 0 Å². The van der Waals surface area contributed by atoms with Crippen molar-refractivity contribution >= 4 is 46.7 Å². The molecule has 0 N–H and O–H groups in total. The van der Waals surface area contributed by atoms with Crippen LogP contribution >= 0.6 is 11.6 Å². The van der Waals surface area contributed by atoms with Gasteiger partial charge in [0, 0.05) is 29.7 Å². The van der Waals surface area contributed by atoms with Crippen LogP contribution in [0.5, 0.6) is 5.75 Å². The molecule has 0 saturated carbocycles. The van der Waals surface area contributed by atoms with Crippen LogP contribution in [0.25, 0.3) is 0 Å². The number of imide groups is 1. The summed E-state index contributed by atoms with van der Waals surface area (Å²) in [6.07, 6.45) is 3.19. The lowest BCUT2D eigenvalue weighted by Gasteiger charge is -2.18. The Hall–Kier alpha value is -3.45. The van der Waals surface area contributed by atoms with Crippen molar-refractivity contribution in [2.45, 2.75) is 33.1 Å². The Labute approximate surface area is 208 Å². The summed E-state index contributed by atoms with van der Waals surface area (Å²) in [6.45, 7) is 4.04. The quantitative estimate of drug-likeness (QED) is 0.272. The highest BCUT2D eigenvalue weighted by atomic mass is 35.5. The summed E-state index contributed by atoms with van der Waals surface area (Å²) in [7, 11) is 0. The number of aryl methyl sites for hydroxylation is 1. The van der Waals surface area contributed by atoms with Crippen molar-refractivity contribution in [2.75, 3.05) is 16.3 Å². The first-order valence-electron chi connectivity index (χ1n) is 11.6. The Morgan fingerprint density at radius 1 is 0.971 bits per heavy atom. The van der Waals surface area contributed by atoms with Crippen molar-refractivity contribution in [1.29, 1.82) is 0 Å². The maximum atomic E-state index is 13.0. The fourth-order valence-electron chi connectivity index (χ4n) is 5.04. The molecule has 7 nitrogen and oxygen atoms in total. The van der Waals surface area contributed by atoms with Gasteiger partial charge in [-0.15, -0.1) is 0 Å². The summed E-state index contributed by atoms with van der Waals surface area (Å²) in [6, 6.07) is 11.8. The second-order valence-electron chi connectivity index (χ2n) is 9.47. The molecule has 3 amide bonds. The molecule has 1 aliphatic carbocycles. The lowest BCUT2D eigenvalue weighted by molar-refractivity contribution is -0.139. The van der Waals surface area contributed by atoms with E-state index >= 15 is 0 Å². The van der Waals surface area contributed by atoms with Gasteiger partial charge in [0.25, 0.3) is 0 Å².